The SMILES string of the molecule is C[Si](C)(C)c1cnc(-c2[c-]cccc2)cc1CC1CCCC1.Cc1cc(-c2[c-]cc(C)c3c2oc2nc(C(C)C4CCCC4)ccc23)ncc1CC1CCCC1.[Ir]. The summed E-state index contributed by atoms with van der Waals surface area (Å²) in [5, 5.41) is 3.78. The van der Waals surface area contributed by atoms with Crippen LogP contribution in [0.5, 0.6) is 0 Å². The van der Waals surface area contributed by atoms with E-state index < -0.39 is 8.07 Å². The van der Waals surface area contributed by atoms with Crippen molar-refractivity contribution in [2.24, 2.45) is 17.8 Å². The van der Waals surface area contributed by atoms with Gasteiger partial charge in [-0.25, -0.2) is 4.98 Å². The number of furan rings is 1. The summed E-state index contributed by atoms with van der Waals surface area (Å²) in [7, 11) is -1.35. The van der Waals surface area contributed by atoms with E-state index in [0.29, 0.717) is 5.92 Å². The van der Waals surface area contributed by atoms with Gasteiger partial charge >= 0.3 is 0 Å². The summed E-state index contributed by atoms with van der Waals surface area (Å²) in [6.07, 6.45) is 23.1. The van der Waals surface area contributed by atoms with Crippen molar-refractivity contribution in [1.29, 1.82) is 0 Å². The first kappa shape index (κ1) is 41.7. The Kier molecular flexibility index (Phi) is 13.3. The molecule has 4 aromatic heterocycles. The number of hydrogen-bond donors (Lipinski definition) is 0. The normalized spacial score (nSPS) is 17.2. The monoisotopic (exact) mass is 952 g/mol. The van der Waals surface area contributed by atoms with Gasteiger partial charge in [-0.3, -0.25) is 0 Å². The van der Waals surface area contributed by atoms with Crippen molar-refractivity contribution in [2.45, 2.75) is 136 Å². The maximum Gasteiger partial charge on any atom is 0.216 e. The molecule has 3 aliphatic carbocycles. The van der Waals surface area contributed by atoms with Gasteiger partial charge in [0, 0.05) is 49.5 Å². The van der Waals surface area contributed by atoms with Crippen molar-refractivity contribution in [1.82, 2.24) is 15.0 Å². The third-order valence-corrected chi connectivity index (χ3v) is 15.5. The van der Waals surface area contributed by atoms with Crippen molar-refractivity contribution in [3.8, 4) is 22.5 Å². The van der Waals surface area contributed by atoms with E-state index in [1.54, 1.807) is 10.8 Å². The van der Waals surface area contributed by atoms with Crippen LogP contribution in [0.25, 0.3) is 44.6 Å². The van der Waals surface area contributed by atoms with Gasteiger partial charge in [0.2, 0.25) is 5.71 Å². The fourth-order valence-electron chi connectivity index (χ4n) is 10.0. The van der Waals surface area contributed by atoms with Crippen LogP contribution in [0, 0.1) is 43.7 Å². The molecule has 2 aromatic carbocycles. The first-order valence-electron chi connectivity index (χ1n) is 21.8. The smallest absolute Gasteiger partial charge is 0.216 e. The van der Waals surface area contributed by atoms with Gasteiger partial charge in [-0.15, -0.1) is 53.6 Å². The first-order chi connectivity index (χ1) is 27.1. The molecule has 9 rings (SSSR count). The minimum absolute atomic E-state index is 0. The second kappa shape index (κ2) is 18.2. The Hall–Kier alpha value is -3.44. The molecule has 1 unspecified atom stereocenters. The number of aryl methyl sites for hydroxylation is 2. The maximum absolute atomic E-state index is 6.47. The minimum Gasteiger partial charge on any atom is -0.486 e. The van der Waals surface area contributed by atoms with Gasteiger partial charge in [0.25, 0.3) is 0 Å². The van der Waals surface area contributed by atoms with E-state index in [9.17, 15) is 0 Å². The summed E-state index contributed by atoms with van der Waals surface area (Å²) in [5.41, 5.74) is 12.3. The molecule has 0 N–H and O–H groups in total. The fourth-order valence-corrected chi connectivity index (χ4v) is 11.6. The van der Waals surface area contributed by atoms with Crippen LogP contribution in [0.4, 0.5) is 0 Å². The van der Waals surface area contributed by atoms with E-state index >= 15 is 0 Å². The maximum atomic E-state index is 6.47. The van der Waals surface area contributed by atoms with Crippen molar-refractivity contribution in [2.75, 3.05) is 0 Å². The summed E-state index contributed by atoms with van der Waals surface area (Å²) in [6, 6.07) is 26.0. The molecule has 1 atom stereocenters. The van der Waals surface area contributed by atoms with E-state index in [-0.39, 0.29) is 20.1 Å². The molecule has 4 heterocycles. The number of nitrogens with zero attached hydrogens (tertiary/aromatic N) is 3. The van der Waals surface area contributed by atoms with Gasteiger partial charge in [0.15, 0.2) is 0 Å². The van der Waals surface area contributed by atoms with Crippen molar-refractivity contribution >= 4 is 35.3 Å². The average Bonchev–Trinajstić information content (AvgIpc) is 4.04. The van der Waals surface area contributed by atoms with Gasteiger partial charge < -0.3 is 14.4 Å². The van der Waals surface area contributed by atoms with Crippen LogP contribution in [-0.2, 0) is 32.9 Å². The first-order valence-corrected chi connectivity index (χ1v) is 25.3. The minimum atomic E-state index is -1.35. The summed E-state index contributed by atoms with van der Waals surface area (Å²) >= 11 is 0. The molecule has 57 heavy (non-hydrogen) atoms. The molecule has 3 fully saturated rings. The molecule has 0 bridgehead atoms. The molecule has 0 amide bonds. The number of aromatic nitrogens is 3. The third kappa shape index (κ3) is 9.40. The van der Waals surface area contributed by atoms with Gasteiger partial charge in [-0.05, 0) is 84.6 Å². The molecule has 1 radical (unpaired) electrons. The number of fused-ring (bicyclic) bond motifs is 3. The summed E-state index contributed by atoms with van der Waals surface area (Å²) in [6.45, 7) is 14.0. The zero-order chi connectivity index (χ0) is 38.8. The Labute approximate surface area is 356 Å². The Balaban J connectivity index is 0.000000188. The molecule has 0 aliphatic heterocycles. The molecular weight excluding hydrogens is 891 g/mol. The standard InChI is InChI=1S/C31H35N2O.C20H26NSi.Ir/c1-19-12-13-25(28-16-20(2)24(18-32-28)17-22-8-4-5-9-22)30-29(19)26-14-15-27(33-31(26)34-30)21(3)23-10-6-7-11-23;1-22(2,3)20-15-21-19(17-11-5-4-6-12-17)14-18(20)13-16-9-7-8-10-16;/h12,14-16,18,21-23H,4-11,17H2,1-3H3;4-6,11,14-16H,7-10,13H2,1-3H3;/q2*-1;. The predicted octanol–water partition coefficient (Wildman–Crippen LogP) is 13.3. The van der Waals surface area contributed by atoms with Gasteiger partial charge in [-0.1, -0.05) is 132 Å². The van der Waals surface area contributed by atoms with Crippen LogP contribution >= 0.6 is 0 Å². The van der Waals surface area contributed by atoms with Crippen LogP contribution in [0.15, 0.2) is 71.4 Å². The zero-order valence-electron chi connectivity index (χ0n) is 35.1. The molecule has 6 heteroatoms. The fraction of sp³-hybridized carbons (Fsp3) is 0.471. The molecular formula is C51H61IrN3OSi-2. The van der Waals surface area contributed by atoms with Gasteiger partial charge in [0.1, 0.15) is 0 Å². The Morgan fingerprint density at radius 1 is 0.754 bits per heavy atom. The summed E-state index contributed by atoms with van der Waals surface area (Å²) in [4.78, 5) is 14.7. The van der Waals surface area contributed by atoms with Crippen molar-refractivity contribution < 1.29 is 24.5 Å². The largest absolute Gasteiger partial charge is 0.486 e. The van der Waals surface area contributed by atoms with E-state index in [2.05, 4.69) is 107 Å². The van der Waals surface area contributed by atoms with Gasteiger partial charge in [-0.2, -0.15) is 0 Å². The molecule has 0 saturated heterocycles. The second-order valence-corrected chi connectivity index (χ2v) is 23.6. The summed E-state index contributed by atoms with van der Waals surface area (Å²) < 4.78 is 6.47. The second-order valence-electron chi connectivity index (χ2n) is 18.5. The molecule has 3 aliphatic rings. The topological polar surface area (TPSA) is 51.8 Å². The van der Waals surface area contributed by atoms with E-state index in [0.717, 1.165) is 74.5 Å². The Morgan fingerprint density at radius 2 is 1.42 bits per heavy atom. The van der Waals surface area contributed by atoms with Crippen LogP contribution in [0.3, 0.4) is 0 Å². The zero-order valence-corrected chi connectivity index (χ0v) is 38.5. The number of benzene rings is 2. The number of pyridine rings is 3. The van der Waals surface area contributed by atoms with Crippen molar-refractivity contribution in [3.05, 3.63) is 107 Å². The van der Waals surface area contributed by atoms with Crippen LogP contribution in [0.2, 0.25) is 19.6 Å². The number of hydrogen-bond acceptors (Lipinski definition) is 4. The third-order valence-electron chi connectivity index (χ3n) is 13.4. The van der Waals surface area contributed by atoms with E-state index in [1.807, 2.05) is 12.1 Å². The van der Waals surface area contributed by atoms with E-state index in [4.69, 9.17) is 19.4 Å². The average molecular weight is 952 g/mol. The molecule has 301 valence electrons. The number of rotatable bonds is 9. The molecule has 3 saturated carbocycles. The van der Waals surface area contributed by atoms with E-state index in [1.165, 1.54) is 100 Å². The summed E-state index contributed by atoms with van der Waals surface area (Å²) in [5.74, 6) is 2.93. The Bertz CT molecular complexity index is 2270. The van der Waals surface area contributed by atoms with Crippen LogP contribution in [-0.4, -0.2) is 23.0 Å². The van der Waals surface area contributed by atoms with Crippen LogP contribution < -0.4 is 5.19 Å². The Morgan fingerprint density at radius 3 is 2.07 bits per heavy atom. The molecule has 4 nitrogen and oxygen atoms in total. The van der Waals surface area contributed by atoms with Gasteiger partial charge in [0.05, 0.1) is 13.7 Å². The molecule has 0 spiro atoms. The quantitative estimate of drug-likeness (QED) is 0.107. The van der Waals surface area contributed by atoms with Crippen LogP contribution in [0.1, 0.15) is 118 Å². The predicted molar refractivity (Wildman–Crippen MR) is 236 cm³/mol. The van der Waals surface area contributed by atoms with Crippen molar-refractivity contribution in [3.63, 3.8) is 0 Å². The molecule has 6 aromatic rings.